The van der Waals surface area contributed by atoms with Gasteiger partial charge in [0.05, 0.1) is 12.2 Å². The second kappa shape index (κ2) is 5.93. The molecule has 0 aromatic heterocycles. The zero-order valence-corrected chi connectivity index (χ0v) is 12.2. The van der Waals surface area contributed by atoms with Crippen LogP contribution in [0.5, 0.6) is 0 Å². The molecule has 0 saturated heterocycles. The van der Waals surface area contributed by atoms with E-state index in [1.165, 1.54) is 12.8 Å². The van der Waals surface area contributed by atoms with E-state index in [1.807, 2.05) is 18.2 Å². The van der Waals surface area contributed by atoms with Gasteiger partial charge in [-0.2, -0.15) is 0 Å². The highest BCUT2D eigenvalue weighted by Gasteiger charge is 2.44. The molecule has 3 rings (SSSR count). The average molecular weight is 292 g/mol. The number of hydrogen-bond donors (Lipinski definition) is 3. The first-order valence-corrected chi connectivity index (χ1v) is 8.04. The molecule has 0 bridgehead atoms. The number of aliphatic carboxylic acids is 1. The van der Waals surface area contributed by atoms with Crippen LogP contribution in [0.25, 0.3) is 0 Å². The molecule has 0 aromatic carbocycles. The van der Waals surface area contributed by atoms with Crippen molar-refractivity contribution >= 4 is 5.97 Å². The molecule has 2 fully saturated rings. The van der Waals surface area contributed by atoms with Crippen molar-refractivity contribution in [1.29, 1.82) is 0 Å². The van der Waals surface area contributed by atoms with Gasteiger partial charge in [-0.3, -0.25) is 0 Å². The van der Waals surface area contributed by atoms with E-state index in [1.54, 1.807) is 0 Å². The van der Waals surface area contributed by atoms with Gasteiger partial charge in [-0.25, -0.2) is 4.79 Å². The van der Waals surface area contributed by atoms with Crippen LogP contribution < -0.4 is 0 Å². The molecule has 0 heterocycles. The van der Waals surface area contributed by atoms with E-state index in [0.29, 0.717) is 24.3 Å². The maximum atomic E-state index is 11.1. The van der Waals surface area contributed by atoms with Gasteiger partial charge in [0.25, 0.3) is 0 Å². The Kier molecular flexibility index (Phi) is 4.18. The fourth-order valence-electron chi connectivity index (χ4n) is 4.36. The van der Waals surface area contributed by atoms with Crippen LogP contribution in [0.1, 0.15) is 38.5 Å². The number of fused-ring (bicyclic) bond motifs is 1. The number of rotatable bonds is 4. The van der Waals surface area contributed by atoms with Gasteiger partial charge in [0.15, 0.2) is 0 Å². The number of aliphatic hydroxyl groups excluding tert-OH is 2. The lowest BCUT2D eigenvalue weighted by atomic mass is 9.90. The molecule has 5 atom stereocenters. The number of carbonyl (C=O) groups is 1. The fourth-order valence-corrected chi connectivity index (χ4v) is 4.36. The van der Waals surface area contributed by atoms with Crippen LogP contribution in [0.4, 0.5) is 0 Å². The average Bonchev–Trinajstić information content (AvgIpc) is 3.11. The van der Waals surface area contributed by atoms with Gasteiger partial charge in [-0.1, -0.05) is 31.1 Å². The van der Waals surface area contributed by atoms with E-state index in [9.17, 15) is 15.0 Å². The van der Waals surface area contributed by atoms with Gasteiger partial charge in [-0.05, 0) is 43.4 Å². The third-order valence-corrected chi connectivity index (χ3v) is 5.54. The molecule has 0 unspecified atom stereocenters. The maximum Gasteiger partial charge on any atom is 0.331 e. The summed E-state index contributed by atoms with van der Waals surface area (Å²) in [7, 11) is 0. The van der Waals surface area contributed by atoms with Crippen LogP contribution in [0.15, 0.2) is 23.8 Å². The largest absolute Gasteiger partial charge is 0.478 e. The van der Waals surface area contributed by atoms with Crippen molar-refractivity contribution in [1.82, 2.24) is 0 Å². The van der Waals surface area contributed by atoms with E-state index in [0.717, 1.165) is 12.8 Å². The molecular formula is C17H24O4. The smallest absolute Gasteiger partial charge is 0.331 e. The Hall–Kier alpha value is -1.13. The van der Waals surface area contributed by atoms with E-state index in [-0.39, 0.29) is 17.8 Å². The van der Waals surface area contributed by atoms with Crippen molar-refractivity contribution in [3.63, 3.8) is 0 Å². The number of hydrogen-bond acceptors (Lipinski definition) is 3. The molecule has 2 saturated carbocycles. The molecule has 4 nitrogen and oxygen atoms in total. The van der Waals surface area contributed by atoms with Crippen molar-refractivity contribution in [2.24, 2.45) is 23.7 Å². The van der Waals surface area contributed by atoms with Gasteiger partial charge in [-0.15, -0.1) is 0 Å². The molecule has 3 aliphatic rings. The van der Waals surface area contributed by atoms with Crippen LogP contribution in [0.3, 0.4) is 0 Å². The predicted octanol–water partition coefficient (Wildman–Crippen LogP) is 2.12. The number of allylic oxidation sites excluding steroid dienone is 1. The SMILES string of the molecule is O=C(O)C1=C[C@H]2[C@@H](C1)C[C@@H](O)[C@@H]2/C=C/[C@@H](O)C1CCCC1. The van der Waals surface area contributed by atoms with Crippen molar-refractivity contribution in [2.45, 2.75) is 50.7 Å². The third-order valence-electron chi connectivity index (χ3n) is 5.54. The molecule has 116 valence electrons. The van der Waals surface area contributed by atoms with Crippen LogP contribution in [0.2, 0.25) is 0 Å². The normalized spacial score (nSPS) is 37.9. The summed E-state index contributed by atoms with van der Waals surface area (Å²) in [5.74, 6) is -0.192. The number of carboxylic acid groups (broad SMARTS) is 1. The molecule has 0 aliphatic heterocycles. The van der Waals surface area contributed by atoms with Crippen LogP contribution in [-0.2, 0) is 4.79 Å². The van der Waals surface area contributed by atoms with Gasteiger partial charge < -0.3 is 15.3 Å². The highest BCUT2D eigenvalue weighted by molar-refractivity contribution is 5.87. The highest BCUT2D eigenvalue weighted by Crippen LogP contribution is 2.47. The second-order valence-corrected chi connectivity index (χ2v) is 6.84. The van der Waals surface area contributed by atoms with Crippen molar-refractivity contribution < 1.29 is 20.1 Å². The highest BCUT2D eigenvalue weighted by atomic mass is 16.4. The summed E-state index contributed by atoms with van der Waals surface area (Å²) in [5, 5.41) is 29.5. The Morgan fingerprint density at radius 3 is 2.71 bits per heavy atom. The molecule has 3 aliphatic carbocycles. The summed E-state index contributed by atoms with van der Waals surface area (Å²) in [5.41, 5.74) is 0.478. The van der Waals surface area contributed by atoms with Crippen molar-refractivity contribution in [2.75, 3.05) is 0 Å². The summed E-state index contributed by atoms with van der Waals surface area (Å²) in [6, 6.07) is 0. The number of carboxylic acids is 1. The Balaban J connectivity index is 1.67. The first kappa shape index (κ1) is 14.8. The minimum absolute atomic E-state index is 0.0529. The molecule has 0 radical (unpaired) electrons. The topological polar surface area (TPSA) is 77.8 Å². The van der Waals surface area contributed by atoms with Crippen LogP contribution >= 0.6 is 0 Å². The predicted molar refractivity (Wildman–Crippen MR) is 78.5 cm³/mol. The van der Waals surface area contributed by atoms with Crippen LogP contribution in [0, 0.1) is 23.7 Å². The lowest BCUT2D eigenvalue weighted by Gasteiger charge is -2.18. The molecule has 21 heavy (non-hydrogen) atoms. The number of aliphatic hydroxyl groups is 2. The summed E-state index contributed by atoms with van der Waals surface area (Å²) in [6.45, 7) is 0. The molecule has 3 N–H and O–H groups in total. The maximum absolute atomic E-state index is 11.1. The fraction of sp³-hybridized carbons (Fsp3) is 0.706. The minimum Gasteiger partial charge on any atom is -0.478 e. The Morgan fingerprint density at radius 2 is 2.05 bits per heavy atom. The molecule has 4 heteroatoms. The minimum atomic E-state index is -0.840. The lowest BCUT2D eigenvalue weighted by molar-refractivity contribution is -0.132. The lowest BCUT2D eigenvalue weighted by Crippen LogP contribution is -2.19. The third kappa shape index (κ3) is 2.92. The van der Waals surface area contributed by atoms with Gasteiger partial charge in [0.1, 0.15) is 0 Å². The molecular weight excluding hydrogens is 268 g/mol. The standard InChI is InChI=1S/C17H24O4/c18-15(10-3-1-2-4-10)6-5-13-14-8-12(17(20)21)7-11(14)9-16(13)19/h5-6,8,10-11,13-16,18-19H,1-4,7,9H2,(H,20,21)/b6-5+/t11-,13+,14-,15+,16+/m0/s1. The van der Waals surface area contributed by atoms with Crippen LogP contribution in [-0.4, -0.2) is 33.5 Å². The summed E-state index contributed by atoms with van der Waals surface area (Å²) in [6.07, 6.45) is 10.5. The van der Waals surface area contributed by atoms with Gasteiger partial charge in [0.2, 0.25) is 0 Å². The van der Waals surface area contributed by atoms with E-state index in [2.05, 4.69) is 0 Å². The Bertz CT molecular complexity index is 461. The Labute approximate surface area is 125 Å². The molecule has 0 amide bonds. The van der Waals surface area contributed by atoms with E-state index < -0.39 is 18.2 Å². The van der Waals surface area contributed by atoms with Gasteiger partial charge >= 0.3 is 5.97 Å². The second-order valence-electron chi connectivity index (χ2n) is 6.84. The van der Waals surface area contributed by atoms with E-state index in [4.69, 9.17) is 5.11 Å². The van der Waals surface area contributed by atoms with Crippen molar-refractivity contribution in [3.05, 3.63) is 23.8 Å². The zero-order chi connectivity index (χ0) is 15.0. The summed E-state index contributed by atoms with van der Waals surface area (Å²) < 4.78 is 0. The monoisotopic (exact) mass is 292 g/mol. The summed E-state index contributed by atoms with van der Waals surface area (Å²) >= 11 is 0. The van der Waals surface area contributed by atoms with Gasteiger partial charge in [0, 0.05) is 11.5 Å². The quantitative estimate of drug-likeness (QED) is 0.694. The molecule has 0 spiro atoms. The van der Waals surface area contributed by atoms with Crippen molar-refractivity contribution in [3.8, 4) is 0 Å². The summed E-state index contributed by atoms with van der Waals surface area (Å²) in [4.78, 5) is 11.1. The first-order chi connectivity index (χ1) is 10.1. The molecule has 0 aromatic rings. The Morgan fingerprint density at radius 1 is 1.33 bits per heavy atom. The van der Waals surface area contributed by atoms with E-state index >= 15 is 0 Å². The zero-order valence-electron chi connectivity index (χ0n) is 12.2. The first-order valence-electron chi connectivity index (χ1n) is 8.04.